The predicted molar refractivity (Wildman–Crippen MR) is 60.4 cm³/mol. The number of nitriles is 1. The number of hydrogen-bond donors (Lipinski definition) is 1. The monoisotopic (exact) mass is 216 g/mol. The van der Waals surface area contributed by atoms with Crippen LogP contribution in [0, 0.1) is 11.3 Å². The minimum Gasteiger partial charge on any atom is -0.493 e. The number of carbonyl (C=O) groups is 1. The van der Waals surface area contributed by atoms with E-state index in [-0.39, 0.29) is 5.57 Å². The van der Waals surface area contributed by atoms with Gasteiger partial charge in [0.05, 0.1) is 6.61 Å². The summed E-state index contributed by atoms with van der Waals surface area (Å²) in [6, 6.07) is 8.89. The van der Waals surface area contributed by atoms with E-state index in [0.717, 1.165) is 0 Å². The smallest absolute Gasteiger partial charge is 0.259 e. The second-order valence-electron chi connectivity index (χ2n) is 3.00. The van der Waals surface area contributed by atoms with Crippen molar-refractivity contribution in [2.45, 2.75) is 6.92 Å². The topological polar surface area (TPSA) is 76.1 Å². The number of para-hydroxylation sites is 1. The van der Waals surface area contributed by atoms with Crippen LogP contribution < -0.4 is 10.5 Å². The third-order valence-corrected chi connectivity index (χ3v) is 1.90. The molecule has 1 aromatic rings. The summed E-state index contributed by atoms with van der Waals surface area (Å²) < 4.78 is 5.36. The zero-order chi connectivity index (χ0) is 12.0. The van der Waals surface area contributed by atoms with E-state index in [1.165, 1.54) is 6.08 Å². The lowest BCUT2D eigenvalue weighted by Crippen LogP contribution is -2.12. The first-order valence-corrected chi connectivity index (χ1v) is 4.82. The van der Waals surface area contributed by atoms with Gasteiger partial charge in [0.15, 0.2) is 0 Å². The van der Waals surface area contributed by atoms with Gasteiger partial charge >= 0.3 is 0 Å². The number of carbonyl (C=O) groups excluding carboxylic acids is 1. The molecular weight excluding hydrogens is 204 g/mol. The summed E-state index contributed by atoms with van der Waals surface area (Å²) in [6.07, 6.45) is 1.42. The Labute approximate surface area is 93.9 Å². The molecule has 0 heterocycles. The third kappa shape index (κ3) is 2.85. The van der Waals surface area contributed by atoms with Crippen LogP contribution in [0.3, 0.4) is 0 Å². The zero-order valence-corrected chi connectivity index (χ0v) is 8.93. The van der Waals surface area contributed by atoms with Gasteiger partial charge in [-0.3, -0.25) is 4.79 Å². The van der Waals surface area contributed by atoms with E-state index in [2.05, 4.69) is 0 Å². The molecule has 4 nitrogen and oxygen atoms in total. The molecule has 16 heavy (non-hydrogen) atoms. The maximum Gasteiger partial charge on any atom is 0.259 e. The maximum atomic E-state index is 10.9. The molecule has 4 heteroatoms. The number of rotatable bonds is 4. The van der Waals surface area contributed by atoms with Gasteiger partial charge in [0, 0.05) is 5.56 Å². The molecule has 0 fully saturated rings. The fourth-order valence-electron chi connectivity index (χ4n) is 1.20. The molecule has 0 unspecified atom stereocenters. The molecule has 0 bridgehead atoms. The number of benzene rings is 1. The van der Waals surface area contributed by atoms with E-state index < -0.39 is 5.91 Å². The van der Waals surface area contributed by atoms with Crippen molar-refractivity contribution in [2.75, 3.05) is 6.61 Å². The van der Waals surface area contributed by atoms with E-state index >= 15 is 0 Å². The number of primary amides is 1. The molecular formula is C12H12N2O2. The Bertz CT molecular complexity index is 458. The van der Waals surface area contributed by atoms with Crippen LogP contribution in [0.25, 0.3) is 6.08 Å². The number of nitrogens with zero attached hydrogens (tertiary/aromatic N) is 1. The molecule has 0 saturated heterocycles. The molecule has 1 amide bonds. The van der Waals surface area contributed by atoms with Crippen LogP contribution in [0.5, 0.6) is 5.75 Å². The summed E-state index contributed by atoms with van der Waals surface area (Å²) >= 11 is 0. The Balaban J connectivity index is 3.13. The van der Waals surface area contributed by atoms with Gasteiger partial charge in [0.1, 0.15) is 17.4 Å². The fraction of sp³-hybridized carbons (Fsp3) is 0.167. The van der Waals surface area contributed by atoms with Crippen LogP contribution in [0.2, 0.25) is 0 Å². The lowest BCUT2D eigenvalue weighted by molar-refractivity contribution is -0.114. The number of amides is 1. The highest BCUT2D eigenvalue weighted by Gasteiger charge is 2.06. The minimum atomic E-state index is -0.742. The number of nitrogens with two attached hydrogens (primary N) is 1. The molecule has 0 aliphatic carbocycles. The van der Waals surface area contributed by atoms with Crippen molar-refractivity contribution in [3.8, 4) is 11.8 Å². The summed E-state index contributed by atoms with van der Waals surface area (Å²) in [5.41, 5.74) is 5.62. The average molecular weight is 216 g/mol. The Morgan fingerprint density at radius 1 is 1.56 bits per heavy atom. The zero-order valence-electron chi connectivity index (χ0n) is 8.93. The molecule has 0 aromatic heterocycles. The molecule has 0 saturated carbocycles. The normalized spacial score (nSPS) is 10.6. The van der Waals surface area contributed by atoms with Gasteiger partial charge < -0.3 is 10.5 Å². The highest BCUT2D eigenvalue weighted by molar-refractivity contribution is 6.00. The largest absolute Gasteiger partial charge is 0.493 e. The second-order valence-corrected chi connectivity index (χ2v) is 3.00. The molecule has 0 aliphatic heterocycles. The Morgan fingerprint density at radius 3 is 2.81 bits per heavy atom. The van der Waals surface area contributed by atoms with Gasteiger partial charge in [-0.25, -0.2) is 0 Å². The van der Waals surface area contributed by atoms with Crippen LogP contribution in [0.1, 0.15) is 12.5 Å². The van der Waals surface area contributed by atoms with Gasteiger partial charge in [-0.2, -0.15) is 5.26 Å². The van der Waals surface area contributed by atoms with Crippen LogP contribution in [-0.2, 0) is 4.79 Å². The third-order valence-electron chi connectivity index (χ3n) is 1.90. The Kier molecular flexibility index (Phi) is 4.10. The molecule has 0 atom stereocenters. The minimum absolute atomic E-state index is 0.0906. The predicted octanol–water partition coefficient (Wildman–Crippen LogP) is 1.48. The highest BCUT2D eigenvalue weighted by Crippen LogP contribution is 2.20. The van der Waals surface area contributed by atoms with Crippen LogP contribution in [0.15, 0.2) is 29.8 Å². The van der Waals surface area contributed by atoms with Gasteiger partial charge in [0.25, 0.3) is 5.91 Å². The SMILES string of the molecule is CCOc1ccccc1C=C(C#N)C(N)=O. The van der Waals surface area contributed by atoms with Crippen LogP contribution >= 0.6 is 0 Å². The molecule has 2 N–H and O–H groups in total. The summed E-state index contributed by atoms with van der Waals surface area (Å²) in [5, 5.41) is 8.72. The average Bonchev–Trinajstić information content (AvgIpc) is 2.27. The van der Waals surface area contributed by atoms with E-state index in [4.69, 9.17) is 15.7 Å². The van der Waals surface area contributed by atoms with E-state index in [1.54, 1.807) is 24.3 Å². The number of hydrogen-bond acceptors (Lipinski definition) is 3. The first kappa shape index (κ1) is 11.8. The quantitative estimate of drug-likeness (QED) is 0.611. The van der Waals surface area contributed by atoms with Crippen molar-refractivity contribution in [3.05, 3.63) is 35.4 Å². The number of ether oxygens (including phenoxy) is 1. The lowest BCUT2D eigenvalue weighted by Gasteiger charge is -2.06. The van der Waals surface area contributed by atoms with Crippen molar-refractivity contribution < 1.29 is 9.53 Å². The van der Waals surface area contributed by atoms with Crippen molar-refractivity contribution in [1.29, 1.82) is 5.26 Å². The van der Waals surface area contributed by atoms with Crippen LogP contribution in [0.4, 0.5) is 0 Å². The van der Waals surface area contributed by atoms with Crippen molar-refractivity contribution >= 4 is 12.0 Å². The molecule has 0 aliphatic rings. The standard InChI is InChI=1S/C12H12N2O2/c1-2-16-11-6-4-3-5-9(11)7-10(8-13)12(14)15/h3-7H,2H2,1H3,(H2,14,15). The van der Waals surface area contributed by atoms with Gasteiger partial charge in [-0.1, -0.05) is 18.2 Å². The molecule has 82 valence electrons. The van der Waals surface area contributed by atoms with E-state index in [0.29, 0.717) is 17.9 Å². The van der Waals surface area contributed by atoms with E-state index in [9.17, 15) is 4.79 Å². The Morgan fingerprint density at radius 2 is 2.25 bits per heavy atom. The van der Waals surface area contributed by atoms with Crippen LogP contribution in [-0.4, -0.2) is 12.5 Å². The molecule has 1 rings (SSSR count). The highest BCUT2D eigenvalue weighted by atomic mass is 16.5. The van der Waals surface area contributed by atoms with Crippen molar-refractivity contribution in [1.82, 2.24) is 0 Å². The summed E-state index contributed by atoms with van der Waals surface area (Å²) in [7, 11) is 0. The van der Waals surface area contributed by atoms with E-state index in [1.807, 2.05) is 13.0 Å². The van der Waals surface area contributed by atoms with Crippen molar-refractivity contribution in [3.63, 3.8) is 0 Å². The summed E-state index contributed by atoms with van der Waals surface area (Å²) in [4.78, 5) is 10.9. The Hall–Kier alpha value is -2.28. The maximum absolute atomic E-state index is 10.9. The molecule has 0 spiro atoms. The van der Waals surface area contributed by atoms with Crippen molar-refractivity contribution in [2.24, 2.45) is 5.73 Å². The van der Waals surface area contributed by atoms with Gasteiger partial charge in [0.2, 0.25) is 0 Å². The molecule has 0 radical (unpaired) electrons. The lowest BCUT2D eigenvalue weighted by atomic mass is 10.1. The first-order valence-electron chi connectivity index (χ1n) is 4.82. The van der Waals surface area contributed by atoms with Gasteiger partial charge in [-0.05, 0) is 19.1 Å². The first-order chi connectivity index (χ1) is 7.69. The summed E-state index contributed by atoms with van der Waals surface area (Å²) in [5.74, 6) is -0.118. The molecule has 1 aromatic carbocycles. The second kappa shape index (κ2) is 5.56. The fourth-order valence-corrected chi connectivity index (χ4v) is 1.20. The summed E-state index contributed by atoms with van der Waals surface area (Å²) in [6.45, 7) is 2.38. The van der Waals surface area contributed by atoms with Gasteiger partial charge in [-0.15, -0.1) is 0 Å².